The summed E-state index contributed by atoms with van der Waals surface area (Å²) < 4.78 is 14.3. The van der Waals surface area contributed by atoms with Crippen LogP contribution in [0.2, 0.25) is 0 Å². The molecular formula is C30H31FN7O2+. The topological polar surface area (TPSA) is 113 Å². The third-order valence-corrected chi connectivity index (χ3v) is 7.21. The standard InChI is InChI=1S/C30H30FN7O2/c1-3-7-20-12-13-34-26(17-20)35-30(40)22-11-10-21(31)18-23(22)29-36-28(25-19-33-14-16-38(25,29)32)24-9-5-6-15-37(24)27(39)8-4-2/h10-14,16-19,24H,3,5-7,9,15,32H2,1-2H3/p+1. The van der Waals surface area contributed by atoms with Crippen LogP contribution in [0.15, 0.2) is 70.3 Å². The molecule has 2 atom stereocenters. The van der Waals surface area contributed by atoms with Gasteiger partial charge in [-0.25, -0.2) is 9.37 Å². The molecule has 204 valence electrons. The van der Waals surface area contributed by atoms with Gasteiger partial charge >= 0.3 is 0 Å². The molecule has 1 aromatic heterocycles. The molecule has 0 radical (unpaired) electrons. The zero-order chi connectivity index (χ0) is 28.3. The first-order chi connectivity index (χ1) is 19.4. The third-order valence-electron chi connectivity index (χ3n) is 7.21. The number of amidine groups is 1. The normalized spacial score (nSPS) is 21.4. The molecule has 3 aliphatic heterocycles. The first-order valence-corrected chi connectivity index (χ1v) is 13.4. The Balaban J connectivity index is 1.57. The number of hydrogen-bond acceptors (Lipinski definition) is 6. The van der Waals surface area contributed by atoms with Crippen LogP contribution in [0.1, 0.15) is 61.0 Å². The van der Waals surface area contributed by atoms with Crippen LogP contribution in [0, 0.1) is 17.7 Å². The van der Waals surface area contributed by atoms with Crippen molar-refractivity contribution in [3.8, 4) is 11.8 Å². The first kappa shape index (κ1) is 27.1. The SMILES string of the molecule is CC#CC(=O)N1CCCCC1C1=C2C=NC=C[N+]2(N)C(c2cc(F)ccc2C(=O)Nc2cc(CCC)ccn2)=N1. The lowest BCUT2D eigenvalue weighted by atomic mass is 9.98. The zero-order valence-corrected chi connectivity index (χ0v) is 22.5. The zero-order valence-electron chi connectivity index (χ0n) is 22.5. The van der Waals surface area contributed by atoms with Crippen molar-refractivity contribution in [1.82, 2.24) is 9.88 Å². The van der Waals surface area contributed by atoms with Crippen molar-refractivity contribution in [2.45, 2.75) is 52.0 Å². The number of likely N-dealkylation sites (tertiary alicyclic amines) is 1. The molecule has 1 fully saturated rings. The number of aryl methyl sites for hydroxylation is 1. The number of pyridine rings is 1. The van der Waals surface area contributed by atoms with E-state index in [0.717, 1.165) is 31.2 Å². The number of amides is 2. The Morgan fingerprint density at radius 2 is 2.10 bits per heavy atom. The lowest BCUT2D eigenvalue weighted by molar-refractivity contribution is -0.750. The molecule has 0 saturated carbocycles. The predicted molar refractivity (Wildman–Crippen MR) is 151 cm³/mol. The molecule has 1 aromatic carbocycles. The van der Waals surface area contributed by atoms with Crippen LogP contribution < -0.4 is 11.2 Å². The van der Waals surface area contributed by atoms with Crippen molar-refractivity contribution in [1.29, 1.82) is 0 Å². The van der Waals surface area contributed by atoms with E-state index < -0.39 is 16.3 Å². The van der Waals surface area contributed by atoms with Gasteiger partial charge < -0.3 is 10.2 Å². The molecule has 5 rings (SSSR count). The Morgan fingerprint density at radius 3 is 2.90 bits per heavy atom. The van der Waals surface area contributed by atoms with Crippen LogP contribution >= 0.6 is 0 Å². The third kappa shape index (κ3) is 5.09. The molecule has 3 aliphatic rings. The van der Waals surface area contributed by atoms with Crippen molar-refractivity contribution < 1.29 is 18.6 Å². The highest BCUT2D eigenvalue weighted by atomic mass is 19.1. The number of nitrogens with one attached hydrogen (secondary N) is 1. The Labute approximate surface area is 232 Å². The highest BCUT2D eigenvalue weighted by molar-refractivity contribution is 6.13. The lowest BCUT2D eigenvalue weighted by Gasteiger charge is -2.34. The number of anilines is 1. The second kappa shape index (κ2) is 11.3. The molecule has 40 heavy (non-hydrogen) atoms. The van der Waals surface area contributed by atoms with Crippen molar-refractivity contribution in [2.75, 3.05) is 11.9 Å². The molecule has 2 aromatic rings. The van der Waals surface area contributed by atoms with Crippen molar-refractivity contribution in [3.05, 3.63) is 82.8 Å². The number of piperidine rings is 1. The van der Waals surface area contributed by atoms with E-state index in [2.05, 4.69) is 34.1 Å². The van der Waals surface area contributed by atoms with E-state index >= 15 is 0 Å². The summed E-state index contributed by atoms with van der Waals surface area (Å²) in [4.78, 5) is 41.6. The largest absolute Gasteiger partial charge is 0.323 e. The average Bonchev–Trinajstić information content (AvgIpc) is 3.26. The predicted octanol–water partition coefficient (Wildman–Crippen LogP) is 4.05. The fourth-order valence-corrected chi connectivity index (χ4v) is 5.34. The quantitative estimate of drug-likeness (QED) is 0.327. The Bertz CT molecular complexity index is 1550. The molecule has 10 heteroatoms. The molecule has 0 spiro atoms. The maximum Gasteiger partial charge on any atom is 0.299 e. The van der Waals surface area contributed by atoms with E-state index in [1.165, 1.54) is 24.4 Å². The number of nitrogens with zero attached hydrogens (tertiary/aromatic N) is 5. The number of allylic oxidation sites excluding steroid dienone is 1. The Hall–Kier alpha value is -4.46. The molecule has 4 heterocycles. The van der Waals surface area contributed by atoms with Gasteiger partial charge in [0, 0.05) is 12.7 Å². The number of aromatic nitrogens is 1. The highest BCUT2D eigenvalue weighted by Gasteiger charge is 2.48. The van der Waals surface area contributed by atoms with Crippen molar-refractivity contribution in [2.24, 2.45) is 15.8 Å². The summed E-state index contributed by atoms with van der Waals surface area (Å²) in [6.45, 7) is 4.24. The van der Waals surface area contributed by atoms with Crippen LogP contribution in [0.5, 0.6) is 0 Å². The van der Waals surface area contributed by atoms with E-state index in [1.807, 2.05) is 12.1 Å². The van der Waals surface area contributed by atoms with Gasteiger partial charge in [-0.05, 0) is 74.4 Å². The van der Waals surface area contributed by atoms with E-state index in [-0.39, 0.29) is 28.9 Å². The minimum Gasteiger partial charge on any atom is -0.323 e. The average molecular weight is 541 g/mol. The molecule has 2 amide bonds. The Morgan fingerprint density at radius 1 is 1.25 bits per heavy atom. The second-order valence-electron chi connectivity index (χ2n) is 9.89. The maximum atomic E-state index is 14.7. The first-order valence-electron chi connectivity index (χ1n) is 13.4. The highest BCUT2D eigenvalue weighted by Crippen LogP contribution is 2.37. The smallest absolute Gasteiger partial charge is 0.299 e. The van der Waals surface area contributed by atoms with Crippen molar-refractivity contribution >= 4 is 29.7 Å². The van der Waals surface area contributed by atoms with Crippen LogP contribution in [0.25, 0.3) is 0 Å². The van der Waals surface area contributed by atoms with E-state index in [1.54, 1.807) is 30.4 Å². The van der Waals surface area contributed by atoms with E-state index in [9.17, 15) is 14.0 Å². The van der Waals surface area contributed by atoms with Gasteiger partial charge in [-0.15, -0.1) is 4.59 Å². The van der Waals surface area contributed by atoms with Gasteiger partial charge in [0.1, 0.15) is 23.5 Å². The number of nitrogens with two attached hydrogens (primary N) is 1. The number of aliphatic imine (C=N–C) groups is 2. The number of carbonyl (C=O) groups excluding carboxylic acids is 2. The van der Waals surface area contributed by atoms with Crippen molar-refractivity contribution in [3.63, 3.8) is 0 Å². The minimum absolute atomic E-state index is 0.190. The fraction of sp³-hybridized carbons (Fsp3) is 0.300. The van der Waals surface area contributed by atoms with Crippen LogP contribution in [-0.4, -0.2) is 50.9 Å². The van der Waals surface area contributed by atoms with Crippen LogP contribution in [-0.2, 0) is 11.2 Å². The number of quaternary nitrogens is 1. The van der Waals surface area contributed by atoms with E-state index in [4.69, 9.17) is 10.8 Å². The van der Waals surface area contributed by atoms with Gasteiger partial charge in [-0.1, -0.05) is 19.3 Å². The number of carbonyl (C=O) groups is 2. The lowest BCUT2D eigenvalue weighted by Crippen LogP contribution is -2.53. The summed E-state index contributed by atoms with van der Waals surface area (Å²) in [6.07, 6.45) is 10.6. The molecule has 9 nitrogen and oxygen atoms in total. The Kier molecular flexibility index (Phi) is 7.69. The van der Waals surface area contributed by atoms with Gasteiger partial charge in [0.05, 0.1) is 29.6 Å². The summed E-state index contributed by atoms with van der Waals surface area (Å²) in [5.41, 5.74) is 2.58. The van der Waals surface area contributed by atoms with Gasteiger partial charge in [0.25, 0.3) is 17.6 Å². The molecular weight excluding hydrogens is 509 g/mol. The molecule has 0 aliphatic carbocycles. The summed E-state index contributed by atoms with van der Waals surface area (Å²) in [7, 11) is 0. The van der Waals surface area contributed by atoms with Gasteiger partial charge in [0.2, 0.25) is 5.70 Å². The minimum atomic E-state index is -0.540. The van der Waals surface area contributed by atoms with Gasteiger partial charge in [-0.3, -0.25) is 14.6 Å². The van der Waals surface area contributed by atoms with E-state index in [0.29, 0.717) is 30.2 Å². The summed E-state index contributed by atoms with van der Waals surface area (Å²) in [5.74, 6) is 11.6. The fourth-order valence-electron chi connectivity index (χ4n) is 5.34. The monoisotopic (exact) mass is 540 g/mol. The molecule has 1 saturated heterocycles. The number of hydrogen-bond donors (Lipinski definition) is 2. The molecule has 0 bridgehead atoms. The maximum absolute atomic E-state index is 14.7. The van der Waals surface area contributed by atoms with Gasteiger partial charge in [-0.2, -0.15) is 10.8 Å². The molecule has 3 N–H and O–H groups in total. The number of rotatable bonds is 6. The summed E-state index contributed by atoms with van der Waals surface area (Å²) in [5, 5.41) is 2.83. The van der Waals surface area contributed by atoms with Crippen LogP contribution in [0.3, 0.4) is 0 Å². The summed E-state index contributed by atoms with van der Waals surface area (Å²) >= 11 is 0. The number of halogens is 1. The molecule has 2 unspecified atom stereocenters. The second-order valence-corrected chi connectivity index (χ2v) is 9.89. The number of benzene rings is 1. The summed E-state index contributed by atoms with van der Waals surface area (Å²) in [6, 6.07) is 7.24. The van der Waals surface area contributed by atoms with Gasteiger partial charge in [0.15, 0.2) is 0 Å². The van der Waals surface area contributed by atoms with Crippen LogP contribution in [0.4, 0.5) is 10.2 Å². The number of fused-ring (bicyclic) bond motifs is 1.